The van der Waals surface area contributed by atoms with Crippen molar-refractivity contribution in [1.29, 1.82) is 0 Å². The van der Waals surface area contributed by atoms with Crippen LogP contribution in [0.3, 0.4) is 0 Å². The van der Waals surface area contributed by atoms with Gasteiger partial charge in [-0.05, 0) is 102 Å². The van der Waals surface area contributed by atoms with Gasteiger partial charge in [0.15, 0.2) is 5.69 Å². The van der Waals surface area contributed by atoms with E-state index in [1.165, 1.54) is 34.4 Å². The lowest BCUT2D eigenvalue weighted by molar-refractivity contribution is 0.0691. The van der Waals surface area contributed by atoms with Crippen molar-refractivity contribution in [3.05, 3.63) is 106 Å². The number of carboxylic acids is 1. The Kier molecular flexibility index (Phi) is 7.17. The highest BCUT2D eigenvalue weighted by molar-refractivity contribution is 7.97. The van der Waals surface area contributed by atoms with E-state index in [9.17, 15) is 14.3 Å². The van der Waals surface area contributed by atoms with Gasteiger partial charge in [0, 0.05) is 22.9 Å². The summed E-state index contributed by atoms with van der Waals surface area (Å²) in [7, 11) is 0. The Labute approximate surface area is 251 Å². The minimum atomic E-state index is -1.07. The van der Waals surface area contributed by atoms with Crippen molar-refractivity contribution in [2.45, 2.75) is 49.8 Å². The fourth-order valence-corrected chi connectivity index (χ4v) is 6.97. The number of thiazole rings is 1. The number of carbonyl (C=O) groups is 1. The van der Waals surface area contributed by atoms with E-state index in [0.717, 1.165) is 77.7 Å². The first-order valence-corrected chi connectivity index (χ1v) is 15.9. The topological polar surface area (TPSA) is 94.0 Å². The third-order valence-electron chi connectivity index (χ3n) is 8.23. The molecule has 2 aromatic heterocycles. The number of nitrogens with two attached hydrogens (primary N) is 1. The molecule has 1 saturated carbocycles. The van der Waals surface area contributed by atoms with E-state index in [0.29, 0.717) is 22.4 Å². The van der Waals surface area contributed by atoms with Gasteiger partial charge in [0.1, 0.15) is 5.82 Å². The van der Waals surface area contributed by atoms with Crippen LogP contribution in [0, 0.1) is 11.7 Å². The number of hydrogen-bond donors (Lipinski definition) is 2. The molecule has 0 radical (unpaired) electrons. The molecule has 1 fully saturated rings. The van der Waals surface area contributed by atoms with Gasteiger partial charge in [0.05, 0.1) is 16.3 Å². The standard InChI is InChI=1S/C33H29FN4O2S2/c34-27-14-20(9-12-30(27)42-35)13-26-29(15-19-7-8-19)38(33-36-28(18-41-33)32(39)40)37-31(26)25-6-2-5-23(17-25)24-11-10-21-3-1-4-22(21)16-24/h2,5-6,9-12,14,16-19H,1,3-4,7-8,13,15,35H2,(H,39,40). The summed E-state index contributed by atoms with van der Waals surface area (Å²) in [4.78, 5) is 16.5. The Morgan fingerprint density at radius 1 is 1.05 bits per heavy atom. The monoisotopic (exact) mass is 596 g/mol. The Morgan fingerprint density at radius 2 is 1.86 bits per heavy atom. The average molecular weight is 597 g/mol. The number of aromatic carboxylic acids is 1. The average Bonchev–Trinajstić information content (AvgIpc) is 3.34. The van der Waals surface area contributed by atoms with Gasteiger partial charge in [-0.2, -0.15) is 5.10 Å². The first-order valence-electron chi connectivity index (χ1n) is 14.1. The number of aromatic nitrogens is 3. The quantitative estimate of drug-likeness (QED) is 0.171. The van der Waals surface area contributed by atoms with Crippen LogP contribution in [-0.2, 0) is 25.7 Å². The van der Waals surface area contributed by atoms with E-state index in [1.54, 1.807) is 17.5 Å². The van der Waals surface area contributed by atoms with Crippen molar-refractivity contribution in [3.63, 3.8) is 0 Å². The Morgan fingerprint density at radius 3 is 2.62 bits per heavy atom. The van der Waals surface area contributed by atoms with Gasteiger partial charge in [-0.15, -0.1) is 11.3 Å². The molecule has 3 N–H and O–H groups in total. The van der Waals surface area contributed by atoms with Gasteiger partial charge >= 0.3 is 5.97 Å². The number of halogens is 1. The maximum Gasteiger partial charge on any atom is 0.355 e. The van der Waals surface area contributed by atoms with Crippen LogP contribution in [0.15, 0.2) is 70.9 Å². The molecule has 6 nitrogen and oxygen atoms in total. The zero-order valence-electron chi connectivity index (χ0n) is 22.8. The van der Waals surface area contributed by atoms with Gasteiger partial charge in [-0.25, -0.2) is 18.9 Å². The third-order valence-corrected chi connectivity index (χ3v) is 9.63. The van der Waals surface area contributed by atoms with Crippen molar-refractivity contribution in [2.24, 2.45) is 11.1 Å². The van der Waals surface area contributed by atoms with Crippen molar-refractivity contribution in [2.75, 3.05) is 0 Å². The molecule has 3 aromatic carbocycles. The van der Waals surface area contributed by atoms with Crippen LogP contribution in [0.25, 0.3) is 27.5 Å². The molecule has 2 heterocycles. The maximum absolute atomic E-state index is 14.8. The summed E-state index contributed by atoms with van der Waals surface area (Å²) < 4.78 is 16.6. The summed E-state index contributed by atoms with van der Waals surface area (Å²) in [6.07, 6.45) is 7.03. The van der Waals surface area contributed by atoms with E-state index in [-0.39, 0.29) is 11.5 Å². The Balaban J connectivity index is 1.37. The highest BCUT2D eigenvalue weighted by atomic mass is 32.2. The zero-order chi connectivity index (χ0) is 28.8. The largest absolute Gasteiger partial charge is 0.476 e. The van der Waals surface area contributed by atoms with Gasteiger partial charge in [-0.1, -0.05) is 42.5 Å². The summed E-state index contributed by atoms with van der Waals surface area (Å²) in [5.41, 5.74) is 9.76. The predicted octanol–water partition coefficient (Wildman–Crippen LogP) is 7.50. The van der Waals surface area contributed by atoms with Crippen LogP contribution in [0.2, 0.25) is 0 Å². The number of carboxylic acid groups (broad SMARTS) is 1. The second kappa shape index (κ2) is 11.1. The van der Waals surface area contributed by atoms with Crippen LogP contribution in [0.4, 0.5) is 4.39 Å². The van der Waals surface area contributed by atoms with E-state index in [1.807, 2.05) is 10.7 Å². The van der Waals surface area contributed by atoms with E-state index >= 15 is 0 Å². The van der Waals surface area contributed by atoms with E-state index < -0.39 is 5.97 Å². The van der Waals surface area contributed by atoms with Crippen LogP contribution in [0.5, 0.6) is 0 Å². The zero-order valence-corrected chi connectivity index (χ0v) is 24.5. The molecule has 42 heavy (non-hydrogen) atoms. The molecule has 0 aliphatic heterocycles. The van der Waals surface area contributed by atoms with Crippen LogP contribution < -0.4 is 5.14 Å². The maximum atomic E-state index is 14.8. The number of fused-ring (bicyclic) bond motifs is 1. The highest BCUT2D eigenvalue weighted by Crippen LogP contribution is 2.39. The van der Waals surface area contributed by atoms with Crippen molar-refractivity contribution >= 4 is 29.3 Å². The first-order chi connectivity index (χ1) is 20.5. The molecule has 0 unspecified atom stereocenters. The summed E-state index contributed by atoms with van der Waals surface area (Å²) >= 11 is 2.16. The lowest BCUT2D eigenvalue weighted by Crippen LogP contribution is -2.06. The summed E-state index contributed by atoms with van der Waals surface area (Å²) in [5, 5.41) is 22.3. The van der Waals surface area contributed by atoms with Crippen LogP contribution >= 0.6 is 23.3 Å². The first kappa shape index (κ1) is 27.1. The molecule has 212 valence electrons. The predicted molar refractivity (Wildman–Crippen MR) is 165 cm³/mol. The number of rotatable bonds is 9. The molecule has 0 bridgehead atoms. The fourth-order valence-electron chi connectivity index (χ4n) is 5.88. The van der Waals surface area contributed by atoms with Crippen LogP contribution in [-0.4, -0.2) is 25.8 Å². The van der Waals surface area contributed by atoms with Gasteiger partial charge in [0.25, 0.3) is 0 Å². The van der Waals surface area contributed by atoms with Gasteiger partial charge < -0.3 is 5.11 Å². The Hall–Kier alpha value is -3.79. The van der Waals surface area contributed by atoms with Crippen molar-refractivity contribution in [1.82, 2.24) is 14.8 Å². The number of nitrogens with zero attached hydrogens (tertiary/aromatic N) is 3. The number of aryl methyl sites for hydroxylation is 2. The molecule has 2 aliphatic carbocycles. The smallest absolute Gasteiger partial charge is 0.355 e. The normalized spacial score (nSPS) is 14.3. The lowest BCUT2D eigenvalue weighted by atomic mass is 9.94. The lowest BCUT2D eigenvalue weighted by Gasteiger charge is -2.11. The molecule has 0 spiro atoms. The second-order valence-corrected chi connectivity index (χ2v) is 12.6. The third kappa shape index (κ3) is 5.28. The van der Waals surface area contributed by atoms with Crippen molar-refractivity contribution in [3.8, 4) is 27.5 Å². The minimum absolute atomic E-state index is 0.00141. The fraction of sp³-hybridized carbons (Fsp3) is 0.242. The van der Waals surface area contributed by atoms with Crippen molar-refractivity contribution < 1.29 is 14.3 Å². The SMILES string of the molecule is NSc1ccc(Cc2c(-c3cccc(-c4ccc5c(c4)CCC5)c3)nn(-c3nc(C(=O)O)cs3)c2CC2CC2)cc1F. The second-order valence-electron chi connectivity index (χ2n) is 11.1. The molecule has 7 rings (SSSR count). The van der Waals surface area contributed by atoms with E-state index in [4.69, 9.17) is 10.2 Å². The molecule has 0 saturated heterocycles. The number of benzene rings is 3. The summed E-state index contributed by atoms with van der Waals surface area (Å²) in [5.74, 6) is -0.872. The highest BCUT2D eigenvalue weighted by Gasteiger charge is 2.29. The van der Waals surface area contributed by atoms with E-state index in [2.05, 4.69) is 47.4 Å². The van der Waals surface area contributed by atoms with Crippen LogP contribution in [0.1, 0.15) is 57.7 Å². The van der Waals surface area contributed by atoms with Gasteiger partial charge in [-0.3, -0.25) is 5.14 Å². The molecule has 2 aliphatic rings. The number of hydrogen-bond acceptors (Lipinski definition) is 6. The summed E-state index contributed by atoms with van der Waals surface area (Å²) in [6.45, 7) is 0. The molecular formula is C33H29FN4O2S2. The van der Waals surface area contributed by atoms with Gasteiger partial charge in [0.2, 0.25) is 5.13 Å². The molecule has 0 atom stereocenters. The Bertz CT molecular complexity index is 1820. The molecule has 9 heteroatoms. The minimum Gasteiger partial charge on any atom is -0.476 e. The summed E-state index contributed by atoms with van der Waals surface area (Å²) in [6, 6.07) is 20.3. The molecular weight excluding hydrogens is 568 g/mol. The molecule has 0 amide bonds. The molecule has 5 aromatic rings.